The molecule has 200 valence electrons. The van der Waals surface area contributed by atoms with Crippen LogP contribution in [0.25, 0.3) is 0 Å². The molecule has 3 aromatic carbocycles. The summed E-state index contributed by atoms with van der Waals surface area (Å²) in [6, 6.07) is 17.0. The number of halogens is 3. The van der Waals surface area contributed by atoms with Crippen LogP contribution in [0.3, 0.4) is 0 Å². The number of nitrogens with zero attached hydrogens (tertiary/aromatic N) is 1. The molecule has 1 heterocycles. The summed E-state index contributed by atoms with van der Waals surface area (Å²) < 4.78 is 74.0. The summed E-state index contributed by atoms with van der Waals surface area (Å²) in [6.07, 6.45) is -5.87. The summed E-state index contributed by atoms with van der Waals surface area (Å²) in [5.74, 6) is -0.776. The number of amides is 2. The maximum Gasteiger partial charge on any atom is 0.416 e. The minimum absolute atomic E-state index is 0.0528. The average molecular weight is 547 g/mol. The number of sulfonamides is 1. The van der Waals surface area contributed by atoms with Crippen molar-refractivity contribution in [3.05, 3.63) is 101 Å². The molecule has 7 nitrogen and oxygen atoms in total. The van der Waals surface area contributed by atoms with Crippen molar-refractivity contribution in [1.29, 1.82) is 0 Å². The molecule has 4 rings (SSSR count). The minimum atomic E-state index is -4.68. The zero-order chi connectivity index (χ0) is 27.5. The zero-order valence-corrected chi connectivity index (χ0v) is 21.1. The van der Waals surface area contributed by atoms with Gasteiger partial charge in [0.15, 0.2) is 0 Å². The van der Waals surface area contributed by atoms with E-state index in [0.29, 0.717) is 6.42 Å². The standard InChI is InChI=1S/C27H25F3N2O5S/c1-18-10-12-23(13-11-18)38(35,36)31-24(20-8-5-9-21(15-20)27(28,29)30)16-25(33)32-22(17-37-26(32)34)14-19-6-3-2-4-7-19/h2-13,15,22,24,31H,14,16-17H2,1H3/t22-,24-/m0/s1. The molecule has 1 aliphatic rings. The van der Waals surface area contributed by atoms with Crippen LogP contribution in [0.1, 0.15) is 34.7 Å². The normalized spacial score (nSPS) is 16.8. The van der Waals surface area contributed by atoms with Crippen molar-refractivity contribution in [2.45, 2.75) is 42.9 Å². The highest BCUT2D eigenvalue weighted by atomic mass is 32.2. The fourth-order valence-electron chi connectivity index (χ4n) is 4.21. The van der Waals surface area contributed by atoms with E-state index in [1.807, 2.05) is 30.3 Å². The molecule has 0 unspecified atom stereocenters. The first-order valence-electron chi connectivity index (χ1n) is 11.7. The number of rotatable bonds is 8. The Labute approximate surface area is 218 Å². The lowest BCUT2D eigenvalue weighted by molar-refractivity contribution is -0.137. The van der Waals surface area contributed by atoms with Gasteiger partial charge in [-0.2, -0.15) is 13.2 Å². The van der Waals surface area contributed by atoms with Gasteiger partial charge < -0.3 is 4.74 Å². The third-order valence-corrected chi connectivity index (χ3v) is 7.66. The molecule has 2 amide bonds. The minimum Gasteiger partial charge on any atom is -0.447 e. The molecule has 1 saturated heterocycles. The summed E-state index contributed by atoms with van der Waals surface area (Å²) >= 11 is 0. The molecule has 2 atom stereocenters. The van der Waals surface area contributed by atoms with Crippen LogP contribution in [0.15, 0.2) is 83.8 Å². The van der Waals surface area contributed by atoms with E-state index < -0.39 is 52.3 Å². The Morgan fingerprint density at radius 1 is 1.05 bits per heavy atom. The van der Waals surface area contributed by atoms with E-state index in [0.717, 1.165) is 34.2 Å². The second-order valence-electron chi connectivity index (χ2n) is 9.00. The van der Waals surface area contributed by atoms with E-state index in [1.165, 1.54) is 18.2 Å². The van der Waals surface area contributed by atoms with Gasteiger partial charge in [0.2, 0.25) is 15.9 Å². The smallest absolute Gasteiger partial charge is 0.416 e. The summed E-state index contributed by atoms with van der Waals surface area (Å²) in [5.41, 5.74) is 0.592. The van der Waals surface area contributed by atoms with E-state index in [1.54, 1.807) is 19.1 Å². The van der Waals surface area contributed by atoms with Crippen LogP contribution < -0.4 is 4.72 Å². The van der Waals surface area contributed by atoms with Crippen LogP contribution in [0.2, 0.25) is 0 Å². The number of carbonyl (C=O) groups excluding carboxylic acids is 2. The number of alkyl halides is 3. The number of hydrogen-bond donors (Lipinski definition) is 1. The van der Waals surface area contributed by atoms with Crippen LogP contribution in [0.4, 0.5) is 18.0 Å². The number of aryl methyl sites for hydroxylation is 1. The molecule has 11 heteroatoms. The lowest BCUT2D eigenvalue weighted by Gasteiger charge is -2.24. The van der Waals surface area contributed by atoms with Crippen molar-refractivity contribution in [2.24, 2.45) is 0 Å². The molecule has 0 aromatic heterocycles. The second kappa shape index (κ2) is 11.0. The van der Waals surface area contributed by atoms with Gasteiger partial charge in [-0.3, -0.25) is 4.79 Å². The summed E-state index contributed by atoms with van der Waals surface area (Å²) in [5, 5.41) is 0. The molecular weight excluding hydrogens is 521 g/mol. The van der Waals surface area contributed by atoms with Gasteiger partial charge in [0, 0.05) is 6.42 Å². The molecule has 0 radical (unpaired) electrons. The predicted octanol–water partition coefficient (Wildman–Crippen LogP) is 5.01. The van der Waals surface area contributed by atoms with Gasteiger partial charge in [0.05, 0.1) is 22.5 Å². The molecule has 1 N–H and O–H groups in total. The van der Waals surface area contributed by atoms with Crippen LogP contribution in [-0.2, 0) is 32.2 Å². The molecule has 0 spiro atoms. The van der Waals surface area contributed by atoms with Crippen molar-refractivity contribution in [2.75, 3.05) is 6.61 Å². The third-order valence-electron chi connectivity index (χ3n) is 6.17. The van der Waals surface area contributed by atoms with Crippen molar-refractivity contribution < 1.29 is 35.9 Å². The van der Waals surface area contributed by atoms with Gasteiger partial charge in [-0.25, -0.2) is 22.8 Å². The van der Waals surface area contributed by atoms with Crippen molar-refractivity contribution in [3.63, 3.8) is 0 Å². The number of carbonyl (C=O) groups is 2. The molecule has 0 aliphatic carbocycles. The van der Waals surface area contributed by atoms with Gasteiger partial charge in [-0.15, -0.1) is 0 Å². The van der Waals surface area contributed by atoms with E-state index in [4.69, 9.17) is 4.74 Å². The molecule has 1 fully saturated rings. The Morgan fingerprint density at radius 2 is 1.74 bits per heavy atom. The Morgan fingerprint density at radius 3 is 2.39 bits per heavy atom. The Bertz CT molecular complexity index is 1410. The fourth-order valence-corrected chi connectivity index (χ4v) is 5.43. The molecule has 0 bridgehead atoms. The maximum absolute atomic E-state index is 13.4. The van der Waals surface area contributed by atoms with Gasteiger partial charge in [-0.05, 0) is 48.7 Å². The SMILES string of the molecule is Cc1ccc(S(=O)(=O)N[C@@H](CC(=O)N2C(=O)OC[C@@H]2Cc2ccccc2)c2cccc(C(F)(F)F)c2)cc1. The first kappa shape index (κ1) is 27.3. The van der Waals surface area contributed by atoms with Crippen LogP contribution in [0.5, 0.6) is 0 Å². The quantitative estimate of drug-likeness (QED) is 0.429. The second-order valence-corrected chi connectivity index (χ2v) is 10.7. The summed E-state index contributed by atoms with van der Waals surface area (Å²) in [4.78, 5) is 26.6. The average Bonchev–Trinajstić information content (AvgIpc) is 3.23. The topological polar surface area (TPSA) is 92.8 Å². The lowest BCUT2D eigenvalue weighted by atomic mass is 10.0. The Kier molecular flexibility index (Phi) is 7.89. The first-order chi connectivity index (χ1) is 17.9. The summed E-state index contributed by atoms with van der Waals surface area (Å²) in [7, 11) is -4.24. The van der Waals surface area contributed by atoms with E-state index in [9.17, 15) is 31.2 Å². The highest BCUT2D eigenvalue weighted by molar-refractivity contribution is 7.89. The highest BCUT2D eigenvalue weighted by Crippen LogP contribution is 2.32. The maximum atomic E-state index is 13.4. The number of cyclic esters (lactones) is 1. The largest absolute Gasteiger partial charge is 0.447 e. The Balaban J connectivity index is 1.64. The van der Waals surface area contributed by atoms with Crippen LogP contribution >= 0.6 is 0 Å². The number of imide groups is 1. The highest BCUT2D eigenvalue weighted by Gasteiger charge is 2.39. The van der Waals surface area contributed by atoms with E-state index in [2.05, 4.69) is 4.72 Å². The van der Waals surface area contributed by atoms with Gasteiger partial charge in [0.25, 0.3) is 0 Å². The Hall–Kier alpha value is -3.70. The summed E-state index contributed by atoms with van der Waals surface area (Å²) in [6.45, 7) is 1.72. The zero-order valence-electron chi connectivity index (χ0n) is 20.3. The van der Waals surface area contributed by atoms with Gasteiger partial charge in [0.1, 0.15) is 6.61 Å². The van der Waals surface area contributed by atoms with Crippen molar-refractivity contribution >= 4 is 22.0 Å². The first-order valence-corrected chi connectivity index (χ1v) is 13.2. The third kappa shape index (κ3) is 6.40. The lowest BCUT2D eigenvalue weighted by Crippen LogP contribution is -2.42. The van der Waals surface area contributed by atoms with Crippen molar-refractivity contribution in [1.82, 2.24) is 9.62 Å². The van der Waals surface area contributed by atoms with Crippen LogP contribution in [0, 0.1) is 6.92 Å². The van der Waals surface area contributed by atoms with E-state index >= 15 is 0 Å². The number of hydrogen-bond acceptors (Lipinski definition) is 5. The van der Waals surface area contributed by atoms with Crippen molar-refractivity contribution in [3.8, 4) is 0 Å². The molecular formula is C27H25F3N2O5S. The van der Waals surface area contributed by atoms with Gasteiger partial charge in [-0.1, -0.05) is 60.2 Å². The predicted molar refractivity (Wildman–Crippen MR) is 132 cm³/mol. The number of benzene rings is 3. The fraction of sp³-hybridized carbons (Fsp3) is 0.259. The number of nitrogens with one attached hydrogen (secondary N) is 1. The molecule has 3 aromatic rings. The monoisotopic (exact) mass is 546 g/mol. The molecule has 38 heavy (non-hydrogen) atoms. The van der Waals surface area contributed by atoms with Gasteiger partial charge >= 0.3 is 12.3 Å². The molecule has 0 saturated carbocycles. The van der Waals surface area contributed by atoms with E-state index in [-0.39, 0.29) is 17.1 Å². The number of ether oxygens (including phenoxy) is 1. The van der Waals surface area contributed by atoms with Crippen LogP contribution in [-0.4, -0.2) is 38.0 Å². The molecule has 1 aliphatic heterocycles.